The third-order valence-electron chi connectivity index (χ3n) is 8.62. The highest BCUT2D eigenvalue weighted by Crippen LogP contribution is 2.68. The fourth-order valence-electron chi connectivity index (χ4n) is 7.57. The van der Waals surface area contributed by atoms with E-state index in [4.69, 9.17) is 0 Å². The van der Waals surface area contributed by atoms with Crippen LogP contribution in [0, 0.1) is 22.7 Å². The second kappa shape index (κ2) is 5.18. The number of phenolic OH excluding ortho intramolecular Hbond substituents is 2. The molecule has 4 rings (SSSR count). The summed E-state index contributed by atoms with van der Waals surface area (Å²) in [7, 11) is 0. The molecule has 2 N–H and O–H groups in total. The maximum atomic E-state index is 10.6. The van der Waals surface area contributed by atoms with E-state index in [1.165, 1.54) is 43.2 Å². The Labute approximate surface area is 152 Å². The van der Waals surface area contributed by atoms with Gasteiger partial charge in [-0.1, -0.05) is 41.0 Å². The van der Waals surface area contributed by atoms with Gasteiger partial charge in [-0.25, -0.2) is 0 Å². The number of phenols is 2. The van der Waals surface area contributed by atoms with Crippen LogP contribution in [0.25, 0.3) is 0 Å². The van der Waals surface area contributed by atoms with Gasteiger partial charge in [-0.15, -0.1) is 0 Å². The van der Waals surface area contributed by atoms with Crippen molar-refractivity contribution in [2.75, 3.05) is 0 Å². The number of benzene rings is 1. The zero-order valence-corrected chi connectivity index (χ0v) is 16.6. The Morgan fingerprint density at radius 1 is 1.04 bits per heavy atom. The molecule has 1 unspecified atom stereocenters. The summed E-state index contributed by atoms with van der Waals surface area (Å²) >= 11 is 0. The van der Waals surface area contributed by atoms with Crippen molar-refractivity contribution in [1.82, 2.24) is 0 Å². The van der Waals surface area contributed by atoms with Crippen LogP contribution in [0.1, 0.15) is 83.4 Å². The van der Waals surface area contributed by atoms with Crippen molar-refractivity contribution in [3.63, 3.8) is 0 Å². The van der Waals surface area contributed by atoms with Crippen LogP contribution in [0.4, 0.5) is 0 Å². The fraction of sp³-hybridized carbons (Fsp3) is 0.739. The first-order chi connectivity index (χ1) is 11.6. The van der Waals surface area contributed by atoms with Crippen LogP contribution in [-0.2, 0) is 18.3 Å². The zero-order chi connectivity index (χ0) is 18.2. The minimum absolute atomic E-state index is 0.0727. The van der Waals surface area contributed by atoms with E-state index in [1.807, 2.05) is 6.07 Å². The number of aromatic hydroxyl groups is 2. The molecular weight excluding hydrogens is 308 g/mol. The van der Waals surface area contributed by atoms with E-state index in [0.29, 0.717) is 16.7 Å². The maximum absolute atomic E-state index is 10.6. The summed E-state index contributed by atoms with van der Waals surface area (Å²) in [6.45, 7) is 12.1. The summed E-state index contributed by atoms with van der Waals surface area (Å²) in [6.07, 6.45) is 8.33. The fourth-order valence-corrected chi connectivity index (χ4v) is 7.57. The smallest absolute Gasteiger partial charge is 0.160 e. The molecule has 25 heavy (non-hydrogen) atoms. The zero-order valence-electron chi connectivity index (χ0n) is 16.6. The van der Waals surface area contributed by atoms with Crippen molar-refractivity contribution in [1.29, 1.82) is 0 Å². The van der Waals surface area contributed by atoms with E-state index < -0.39 is 0 Å². The van der Waals surface area contributed by atoms with Gasteiger partial charge in [0.25, 0.3) is 0 Å². The number of aryl methyl sites for hydroxylation is 1. The van der Waals surface area contributed by atoms with Gasteiger partial charge in [-0.2, -0.15) is 0 Å². The monoisotopic (exact) mass is 342 g/mol. The van der Waals surface area contributed by atoms with E-state index >= 15 is 0 Å². The standard InChI is InChI=1S/C23H34O2/c1-6-14-12-16(24)20(25)15-13-18-22(4)10-7-9-21(2,3)17(22)8-11-23(18,5)19(14)15/h12,17-18,24-25H,6-11,13H2,1-5H3/t17?,18-,22+,23-/m1/s1. The Morgan fingerprint density at radius 2 is 1.76 bits per heavy atom. The van der Waals surface area contributed by atoms with Gasteiger partial charge in [0, 0.05) is 5.56 Å². The predicted octanol–water partition coefficient (Wildman–Crippen LogP) is 5.72. The highest BCUT2D eigenvalue weighted by atomic mass is 16.3. The Morgan fingerprint density at radius 3 is 2.44 bits per heavy atom. The molecule has 3 aliphatic carbocycles. The van der Waals surface area contributed by atoms with Crippen LogP contribution in [-0.4, -0.2) is 10.2 Å². The Kier molecular flexibility index (Phi) is 3.57. The summed E-state index contributed by atoms with van der Waals surface area (Å²) in [6, 6.07) is 1.82. The van der Waals surface area contributed by atoms with Gasteiger partial charge >= 0.3 is 0 Å². The van der Waals surface area contributed by atoms with Crippen molar-refractivity contribution in [2.45, 2.75) is 85.0 Å². The van der Waals surface area contributed by atoms with Crippen molar-refractivity contribution in [3.05, 3.63) is 22.8 Å². The van der Waals surface area contributed by atoms with Gasteiger partial charge in [0.2, 0.25) is 0 Å². The number of fused-ring (bicyclic) bond motifs is 5. The van der Waals surface area contributed by atoms with E-state index in [1.54, 1.807) is 0 Å². The highest BCUT2D eigenvalue weighted by Gasteiger charge is 2.61. The Bertz CT molecular complexity index is 719. The first kappa shape index (κ1) is 17.2. The number of hydrogen-bond acceptors (Lipinski definition) is 2. The van der Waals surface area contributed by atoms with Crippen molar-refractivity contribution in [3.8, 4) is 11.5 Å². The molecule has 2 heteroatoms. The van der Waals surface area contributed by atoms with E-state index in [9.17, 15) is 10.2 Å². The van der Waals surface area contributed by atoms with Gasteiger partial charge < -0.3 is 10.2 Å². The van der Waals surface area contributed by atoms with Gasteiger partial charge in [0.05, 0.1) is 0 Å². The average molecular weight is 343 g/mol. The van der Waals surface area contributed by atoms with Crippen LogP contribution in [0.3, 0.4) is 0 Å². The molecular formula is C23H34O2. The summed E-state index contributed by atoms with van der Waals surface area (Å²) in [5.41, 5.74) is 4.56. The van der Waals surface area contributed by atoms with Crippen LogP contribution in [0.5, 0.6) is 11.5 Å². The molecule has 0 bridgehead atoms. The molecule has 3 aliphatic rings. The van der Waals surface area contributed by atoms with Gasteiger partial charge in [0.15, 0.2) is 11.5 Å². The first-order valence-corrected chi connectivity index (χ1v) is 10.2. The molecule has 0 spiro atoms. The number of rotatable bonds is 1. The minimum Gasteiger partial charge on any atom is -0.504 e. The molecule has 138 valence electrons. The molecule has 1 aromatic rings. The van der Waals surface area contributed by atoms with E-state index in [-0.39, 0.29) is 16.9 Å². The van der Waals surface area contributed by atoms with Crippen molar-refractivity contribution < 1.29 is 10.2 Å². The molecule has 0 amide bonds. The second-order valence-corrected chi connectivity index (χ2v) is 10.2. The molecule has 1 aromatic carbocycles. The molecule has 4 atom stereocenters. The SMILES string of the molecule is CCc1cc(O)c(O)c2c1[C@]1(C)CCC3C(C)(C)CCC[C@]3(C)[C@H]1C2. The molecule has 0 aliphatic heterocycles. The van der Waals surface area contributed by atoms with Gasteiger partial charge in [-0.05, 0) is 83.8 Å². The lowest BCUT2D eigenvalue weighted by molar-refractivity contribution is -0.0983. The first-order valence-electron chi connectivity index (χ1n) is 10.2. The van der Waals surface area contributed by atoms with Gasteiger partial charge in [0.1, 0.15) is 0 Å². The van der Waals surface area contributed by atoms with Crippen LogP contribution >= 0.6 is 0 Å². The topological polar surface area (TPSA) is 40.5 Å². The van der Waals surface area contributed by atoms with Crippen molar-refractivity contribution >= 4 is 0 Å². The summed E-state index contributed by atoms with van der Waals surface area (Å²) < 4.78 is 0. The normalized spacial score (nSPS) is 38.8. The second-order valence-electron chi connectivity index (χ2n) is 10.2. The lowest BCUT2D eigenvalue weighted by Gasteiger charge is -2.61. The molecule has 2 saturated carbocycles. The molecule has 2 nitrogen and oxygen atoms in total. The largest absolute Gasteiger partial charge is 0.504 e. The molecule has 2 fully saturated rings. The molecule has 0 heterocycles. The summed E-state index contributed by atoms with van der Waals surface area (Å²) in [4.78, 5) is 0. The van der Waals surface area contributed by atoms with Gasteiger partial charge in [-0.3, -0.25) is 0 Å². The maximum Gasteiger partial charge on any atom is 0.160 e. The van der Waals surface area contributed by atoms with Crippen LogP contribution < -0.4 is 0 Å². The molecule has 0 aromatic heterocycles. The van der Waals surface area contributed by atoms with E-state index in [0.717, 1.165) is 24.3 Å². The third kappa shape index (κ3) is 2.09. The number of hydrogen-bond donors (Lipinski definition) is 2. The van der Waals surface area contributed by atoms with E-state index in [2.05, 4.69) is 34.6 Å². The third-order valence-corrected chi connectivity index (χ3v) is 8.62. The minimum atomic E-state index is 0.0727. The highest BCUT2D eigenvalue weighted by molar-refractivity contribution is 5.59. The Balaban J connectivity index is 1.88. The summed E-state index contributed by atoms with van der Waals surface area (Å²) in [5, 5.41) is 20.9. The quantitative estimate of drug-likeness (QED) is 0.641. The lowest BCUT2D eigenvalue weighted by atomic mass is 9.43. The lowest BCUT2D eigenvalue weighted by Crippen LogP contribution is -2.55. The van der Waals surface area contributed by atoms with Crippen LogP contribution in [0.2, 0.25) is 0 Å². The predicted molar refractivity (Wildman–Crippen MR) is 102 cm³/mol. The van der Waals surface area contributed by atoms with Crippen LogP contribution in [0.15, 0.2) is 6.07 Å². The summed E-state index contributed by atoms with van der Waals surface area (Å²) in [5.74, 6) is 1.56. The molecule has 0 radical (unpaired) electrons. The Hall–Kier alpha value is -1.18. The molecule has 0 saturated heterocycles. The van der Waals surface area contributed by atoms with Crippen molar-refractivity contribution in [2.24, 2.45) is 22.7 Å². The average Bonchev–Trinajstić information content (AvgIpc) is 2.85.